The van der Waals surface area contributed by atoms with Crippen LogP contribution in [0.5, 0.6) is 0 Å². The van der Waals surface area contributed by atoms with Gasteiger partial charge in [-0.3, -0.25) is 19.2 Å². The van der Waals surface area contributed by atoms with Crippen molar-refractivity contribution in [1.29, 1.82) is 0 Å². The van der Waals surface area contributed by atoms with Gasteiger partial charge in [-0.05, 0) is 26.0 Å². The van der Waals surface area contributed by atoms with Crippen molar-refractivity contribution in [3.8, 4) is 0 Å². The molecule has 0 radical (unpaired) electrons. The molecule has 0 saturated carbocycles. The summed E-state index contributed by atoms with van der Waals surface area (Å²) < 4.78 is 9.78. The highest BCUT2D eigenvalue weighted by Crippen LogP contribution is 2.16. The zero-order chi connectivity index (χ0) is 21.4. The molecule has 1 heterocycles. The van der Waals surface area contributed by atoms with Gasteiger partial charge in [-0.25, -0.2) is 4.98 Å². The van der Waals surface area contributed by atoms with E-state index in [1.54, 1.807) is 32.0 Å². The van der Waals surface area contributed by atoms with Gasteiger partial charge in [0.25, 0.3) is 5.91 Å². The summed E-state index contributed by atoms with van der Waals surface area (Å²) in [6.45, 7) is 3.32. The van der Waals surface area contributed by atoms with E-state index in [2.05, 4.69) is 10.3 Å². The number of pyridine rings is 1. The lowest BCUT2D eigenvalue weighted by Gasteiger charge is -2.23. The molecule has 0 spiro atoms. The number of rotatable bonds is 9. The van der Waals surface area contributed by atoms with Crippen LogP contribution >= 0.6 is 0 Å². The van der Waals surface area contributed by atoms with Crippen LogP contribution in [0.2, 0.25) is 0 Å². The fourth-order valence-corrected chi connectivity index (χ4v) is 2.76. The number of nitrogens with two attached hydrogens (primary N) is 1. The average molecular weight is 401 g/mol. The van der Waals surface area contributed by atoms with Crippen LogP contribution in [0.3, 0.4) is 0 Å². The maximum Gasteiger partial charge on any atom is 0.312 e. The minimum Gasteiger partial charge on any atom is -0.466 e. The van der Waals surface area contributed by atoms with E-state index < -0.39 is 42.1 Å². The lowest BCUT2D eigenvalue weighted by atomic mass is 9.95. The Hall–Kier alpha value is -3.49. The van der Waals surface area contributed by atoms with E-state index in [4.69, 9.17) is 15.2 Å². The summed E-state index contributed by atoms with van der Waals surface area (Å²) in [5, 5.41) is 3.24. The number of ether oxygens (including phenoxy) is 2. The van der Waals surface area contributed by atoms with E-state index in [0.717, 1.165) is 5.39 Å². The second kappa shape index (κ2) is 10.2. The normalized spacial score (nSPS) is 12.6. The number of nitrogens with zero attached hydrogens (tertiary/aromatic N) is 1. The number of fused-ring (bicyclic) bond motifs is 1. The number of primary amides is 1. The molecule has 1 aromatic carbocycles. The van der Waals surface area contributed by atoms with E-state index in [-0.39, 0.29) is 18.9 Å². The molecule has 29 heavy (non-hydrogen) atoms. The molecule has 2 rings (SSSR count). The highest BCUT2D eigenvalue weighted by molar-refractivity contribution is 5.99. The summed E-state index contributed by atoms with van der Waals surface area (Å²) in [6, 6.07) is 8.91. The van der Waals surface area contributed by atoms with E-state index in [0.29, 0.717) is 5.52 Å². The summed E-state index contributed by atoms with van der Waals surface area (Å²) in [5.74, 6) is -4.57. The molecule has 0 bridgehead atoms. The first-order chi connectivity index (χ1) is 13.9. The number of nitrogens with one attached hydrogen (secondary N) is 1. The van der Waals surface area contributed by atoms with Crippen LogP contribution in [0.15, 0.2) is 36.4 Å². The third-order valence-corrected chi connectivity index (χ3v) is 4.11. The maximum atomic E-state index is 12.6. The molecule has 0 unspecified atom stereocenters. The molecule has 0 aliphatic heterocycles. The third kappa shape index (κ3) is 5.74. The molecule has 2 atom stereocenters. The molecule has 0 fully saturated rings. The molecule has 9 nitrogen and oxygen atoms in total. The standard InChI is InChI=1S/C20H23N3O6/c1-3-28-16(24)11-13(20(27)29-4-2)17(18(21)25)23-19(26)15-10-9-12-7-5-6-8-14(12)22-15/h5-10,13,17H,3-4,11H2,1-2H3,(H2,21,25)(H,23,26)/t13-,17+/m1/s1. The monoisotopic (exact) mass is 401 g/mol. The Kier molecular flexibility index (Phi) is 7.64. The van der Waals surface area contributed by atoms with E-state index in [1.165, 1.54) is 6.07 Å². The predicted octanol–water partition coefficient (Wildman–Crippen LogP) is 0.951. The first-order valence-corrected chi connectivity index (χ1v) is 9.15. The first kappa shape index (κ1) is 21.8. The number of hydrogen-bond donors (Lipinski definition) is 2. The van der Waals surface area contributed by atoms with Gasteiger partial charge in [0.15, 0.2) is 0 Å². The number of amides is 2. The van der Waals surface area contributed by atoms with Gasteiger partial charge < -0.3 is 20.5 Å². The molecular formula is C20H23N3O6. The van der Waals surface area contributed by atoms with Crippen molar-refractivity contribution in [2.24, 2.45) is 11.7 Å². The van der Waals surface area contributed by atoms with Crippen molar-refractivity contribution in [2.45, 2.75) is 26.3 Å². The number of carbonyl (C=O) groups is 4. The van der Waals surface area contributed by atoms with Gasteiger partial charge in [0.2, 0.25) is 5.91 Å². The zero-order valence-electron chi connectivity index (χ0n) is 16.2. The van der Waals surface area contributed by atoms with Crippen LogP contribution in [0.25, 0.3) is 10.9 Å². The lowest BCUT2D eigenvalue weighted by Crippen LogP contribution is -2.52. The van der Waals surface area contributed by atoms with Crippen molar-refractivity contribution in [3.05, 3.63) is 42.1 Å². The number of benzene rings is 1. The molecule has 3 N–H and O–H groups in total. The summed E-state index contributed by atoms with van der Waals surface area (Å²) in [7, 11) is 0. The largest absolute Gasteiger partial charge is 0.466 e. The van der Waals surface area contributed by atoms with Crippen molar-refractivity contribution >= 4 is 34.7 Å². The molecule has 0 aliphatic rings. The summed E-state index contributed by atoms with van der Waals surface area (Å²) in [6.07, 6.45) is -0.467. The topological polar surface area (TPSA) is 138 Å². The number of hydrogen-bond acceptors (Lipinski definition) is 7. The Labute approximate surface area is 167 Å². The van der Waals surface area contributed by atoms with E-state index in [9.17, 15) is 19.2 Å². The second-order valence-electron chi connectivity index (χ2n) is 6.11. The molecule has 0 aliphatic carbocycles. The van der Waals surface area contributed by atoms with Crippen LogP contribution in [0.4, 0.5) is 0 Å². The maximum absolute atomic E-state index is 12.6. The van der Waals surface area contributed by atoms with Crippen LogP contribution in [0, 0.1) is 5.92 Å². The van der Waals surface area contributed by atoms with Gasteiger partial charge in [0, 0.05) is 5.39 Å². The molecule has 1 aromatic heterocycles. The Morgan fingerprint density at radius 2 is 1.72 bits per heavy atom. The Morgan fingerprint density at radius 1 is 1.03 bits per heavy atom. The van der Waals surface area contributed by atoms with E-state index >= 15 is 0 Å². The fourth-order valence-electron chi connectivity index (χ4n) is 2.76. The molecule has 2 aromatic rings. The minimum atomic E-state index is -1.47. The average Bonchev–Trinajstić information content (AvgIpc) is 2.70. The number of esters is 2. The van der Waals surface area contributed by atoms with Crippen molar-refractivity contribution in [1.82, 2.24) is 10.3 Å². The van der Waals surface area contributed by atoms with E-state index in [1.807, 2.05) is 12.1 Å². The quantitative estimate of drug-likeness (QED) is 0.597. The van der Waals surface area contributed by atoms with Gasteiger partial charge in [-0.15, -0.1) is 0 Å². The van der Waals surface area contributed by atoms with Gasteiger partial charge in [0.1, 0.15) is 11.7 Å². The van der Waals surface area contributed by atoms with Crippen molar-refractivity contribution in [3.63, 3.8) is 0 Å². The molecule has 0 saturated heterocycles. The lowest BCUT2D eigenvalue weighted by molar-refractivity contribution is -0.156. The highest BCUT2D eigenvalue weighted by atomic mass is 16.5. The zero-order valence-corrected chi connectivity index (χ0v) is 16.2. The summed E-state index contributed by atoms with van der Waals surface area (Å²) in [5.41, 5.74) is 6.03. The minimum absolute atomic E-state index is 0.0316. The predicted molar refractivity (Wildman–Crippen MR) is 104 cm³/mol. The van der Waals surface area contributed by atoms with Crippen LogP contribution in [-0.4, -0.2) is 48.0 Å². The SMILES string of the molecule is CCOC(=O)C[C@@H](C(=O)OCC)[C@H](NC(=O)c1ccc2ccccc2n1)C(N)=O. The Balaban J connectivity index is 2.27. The molecular weight excluding hydrogens is 378 g/mol. The second-order valence-corrected chi connectivity index (χ2v) is 6.11. The molecule has 154 valence electrons. The summed E-state index contributed by atoms with van der Waals surface area (Å²) in [4.78, 5) is 53.1. The fraction of sp³-hybridized carbons (Fsp3) is 0.350. The first-order valence-electron chi connectivity index (χ1n) is 9.15. The van der Waals surface area contributed by atoms with Gasteiger partial charge >= 0.3 is 11.9 Å². The third-order valence-electron chi connectivity index (χ3n) is 4.11. The van der Waals surface area contributed by atoms with Crippen molar-refractivity contribution in [2.75, 3.05) is 13.2 Å². The molecule has 9 heteroatoms. The van der Waals surface area contributed by atoms with Gasteiger partial charge in [-0.2, -0.15) is 0 Å². The van der Waals surface area contributed by atoms with Crippen LogP contribution in [0.1, 0.15) is 30.8 Å². The smallest absolute Gasteiger partial charge is 0.312 e. The molecule has 2 amide bonds. The van der Waals surface area contributed by atoms with Crippen LogP contribution in [-0.2, 0) is 23.9 Å². The van der Waals surface area contributed by atoms with Gasteiger partial charge in [0.05, 0.1) is 31.1 Å². The van der Waals surface area contributed by atoms with Gasteiger partial charge in [-0.1, -0.05) is 24.3 Å². The number of aromatic nitrogens is 1. The number of para-hydroxylation sites is 1. The summed E-state index contributed by atoms with van der Waals surface area (Å²) >= 11 is 0. The van der Waals surface area contributed by atoms with Crippen molar-refractivity contribution < 1.29 is 28.7 Å². The number of carbonyl (C=O) groups excluding carboxylic acids is 4. The Morgan fingerprint density at radius 3 is 2.38 bits per heavy atom. The Bertz CT molecular complexity index is 914. The highest BCUT2D eigenvalue weighted by Gasteiger charge is 2.37. The van der Waals surface area contributed by atoms with Crippen LogP contribution < -0.4 is 11.1 Å².